The van der Waals surface area contributed by atoms with Crippen LogP contribution in [0.4, 0.5) is 0 Å². The van der Waals surface area contributed by atoms with Gasteiger partial charge in [-0.3, -0.25) is 4.79 Å². The predicted molar refractivity (Wildman–Crippen MR) is 75.0 cm³/mol. The molecule has 0 saturated heterocycles. The van der Waals surface area contributed by atoms with Crippen LogP contribution in [0, 0.1) is 6.92 Å². The van der Waals surface area contributed by atoms with Crippen molar-refractivity contribution < 1.29 is 26.7 Å². The molecule has 0 aromatic carbocycles. The fourth-order valence-electron chi connectivity index (χ4n) is 1.59. The predicted octanol–water partition coefficient (Wildman–Crippen LogP) is 5.00. The van der Waals surface area contributed by atoms with Crippen LogP contribution in [0.25, 0.3) is 0 Å². The second kappa shape index (κ2) is 21.8. The van der Waals surface area contributed by atoms with Gasteiger partial charge in [-0.25, -0.2) is 19.6 Å². The summed E-state index contributed by atoms with van der Waals surface area (Å²) in [7, 11) is 0. The van der Waals surface area contributed by atoms with Gasteiger partial charge in [-0.2, -0.15) is 0 Å². The normalized spacial score (nSPS) is 8.72. The molecule has 0 aliphatic heterocycles. The maximum absolute atomic E-state index is 10.2. The first-order chi connectivity index (χ1) is 8.18. The van der Waals surface area contributed by atoms with Crippen molar-refractivity contribution in [2.75, 3.05) is 0 Å². The van der Waals surface area contributed by atoms with Gasteiger partial charge in [0.25, 0.3) is 0 Å². The zero-order valence-corrected chi connectivity index (χ0v) is 12.8. The van der Waals surface area contributed by atoms with E-state index in [4.69, 9.17) is 5.11 Å². The van der Waals surface area contributed by atoms with Crippen LogP contribution in [-0.2, 0) is 21.6 Å². The Hall–Kier alpha value is -0.414. The van der Waals surface area contributed by atoms with E-state index in [2.05, 4.69) is 20.4 Å². The summed E-state index contributed by atoms with van der Waals surface area (Å²) in [6, 6.07) is 0. The molecule has 0 fully saturated rings. The molecule has 1 N–H and O–H groups in total. The third kappa shape index (κ3) is 29.6. The number of carboxylic acid groups (broad SMARTS) is 1. The van der Waals surface area contributed by atoms with Gasteiger partial charge < -0.3 is 5.11 Å². The third-order valence-electron chi connectivity index (χ3n) is 2.49. The number of aliphatic carboxylic acids is 1. The third-order valence-corrected chi connectivity index (χ3v) is 2.49. The molecule has 0 rings (SSSR count). The molecule has 18 heavy (non-hydrogen) atoms. The summed E-state index contributed by atoms with van der Waals surface area (Å²) in [5.74, 6) is -0.659. The van der Waals surface area contributed by atoms with Crippen LogP contribution in [0.1, 0.15) is 71.1 Å². The minimum Gasteiger partial charge on any atom is -0.481 e. The number of hydrogen-bond acceptors (Lipinski definition) is 1. The molecule has 0 aromatic rings. The molecule has 0 aliphatic rings. The fraction of sp³-hybridized carbons (Fsp3) is 0.733. The maximum atomic E-state index is 10.2. The zero-order chi connectivity index (χ0) is 13.4. The molecule has 0 aliphatic carbocycles. The molecule has 0 spiro atoms. The van der Waals surface area contributed by atoms with Crippen molar-refractivity contribution in [3.63, 3.8) is 0 Å². The second-order valence-electron chi connectivity index (χ2n) is 4.26. The van der Waals surface area contributed by atoms with Crippen molar-refractivity contribution in [2.24, 2.45) is 0 Å². The number of carbonyl (C=O) groups is 1. The first-order valence-electron chi connectivity index (χ1n) is 6.80. The van der Waals surface area contributed by atoms with E-state index in [-0.39, 0.29) is 16.8 Å². The molecule has 0 atom stereocenters. The smallest absolute Gasteiger partial charge is 0.303 e. The first kappa shape index (κ1) is 22.7. The molecule has 0 bridgehead atoms. The van der Waals surface area contributed by atoms with E-state index in [1.54, 1.807) is 0 Å². The van der Waals surface area contributed by atoms with Crippen LogP contribution >= 0.6 is 0 Å². The number of hydrogen-bond donors (Lipinski definition) is 1. The summed E-state index contributed by atoms with van der Waals surface area (Å²) in [6.45, 7) is 8.73. The summed E-state index contributed by atoms with van der Waals surface area (Å²) in [5, 5.41) is 8.41. The van der Waals surface area contributed by atoms with Crippen LogP contribution < -0.4 is 0 Å². The summed E-state index contributed by atoms with van der Waals surface area (Å²) >= 11 is 0. The number of allylic oxidation sites excluding steroid dienone is 1. The average molecular weight is 300 g/mol. The average Bonchev–Trinajstić information content (AvgIpc) is 2.27. The Kier molecular flexibility index (Phi) is 27.6. The zero-order valence-electron chi connectivity index (χ0n) is 11.8. The van der Waals surface area contributed by atoms with Gasteiger partial charge in [0.05, 0.1) is 0 Å². The monoisotopic (exact) mass is 300 g/mol. The van der Waals surface area contributed by atoms with Gasteiger partial charge in [-0.05, 0) is 6.42 Å². The van der Waals surface area contributed by atoms with Crippen LogP contribution in [-0.4, -0.2) is 11.1 Å². The molecule has 2 nitrogen and oxygen atoms in total. The topological polar surface area (TPSA) is 37.3 Å². The van der Waals surface area contributed by atoms with Crippen LogP contribution in [0.5, 0.6) is 0 Å². The van der Waals surface area contributed by atoms with E-state index in [9.17, 15) is 4.79 Å². The Labute approximate surface area is 123 Å². The quantitative estimate of drug-likeness (QED) is 0.455. The molecular formula is C15H29CoO2-. The molecular weight excluding hydrogens is 271 g/mol. The maximum Gasteiger partial charge on any atom is 0.303 e. The van der Waals surface area contributed by atoms with Crippen LogP contribution in [0.15, 0.2) is 12.7 Å². The molecule has 111 valence electrons. The van der Waals surface area contributed by atoms with Gasteiger partial charge in [-0.15, -0.1) is 0 Å². The molecule has 3 heteroatoms. The van der Waals surface area contributed by atoms with E-state index in [0.717, 1.165) is 12.8 Å². The van der Waals surface area contributed by atoms with E-state index in [1.807, 2.05) is 0 Å². The Morgan fingerprint density at radius 1 is 1.06 bits per heavy atom. The number of unbranched alkanes of at least 4 members (excludes halogenated alkanes) is 8. The first-order valence-corrected chi connectivity index (χ1v) is 6.80. The Balaban J connectivity index is -0.000000507. The van der Waals surface area contributed by atoms with Gasteiger partial charge in [0.15, 0.2) is 0 Å². The fourth-order valence-corrected chi connectivity index (χ4v) is 1.59. The number of carboxylic acids is 1. The van der Waals surface area contributed by atoms with Gasteiger partial charge in [-0.1, -0.05) is 58.3 Å². The molecule has 0 unspecified atom stereocenters. The SMILES string of the molecule is C=C[CH2-].CCCCCCCCCCCC(=O)O.[Co]. The second-order valence-corrected chi connectivity index (χ2v) is 4.26. The molecule has 1 radical (unpaired) electrons. The van der Waals surface area contributed by atoms with E-state index in [1.165, 1.54) is 51.0 Å². The Morgan fingerprint density at radius 3 is 1.72 bits per heavy atom. The van der Waals surface area contributed by atoms with Crippen molar-refractivity contribution in [3.8, 4) is 0 Å². The van der Waals surface area contributed by atoms with Gasteiger partial charge in [0, 0.05) is 23.2 Å². The standard InChI is InChI=1S/C12H24O2.C3H5.Co/c1-2-3-4-5-6-7-8-9-10-11-12(13)14;1-3-2;/h2-11H2,1H3,(H,13,14);3H,1-2H2;/q;-1;. The molecule has 0 saturated carbocycles. The molecule has 0 amide bonds. The Bertz CT molecular complexity index is 170. The van der Waals surface area contributed by atoms with Crippen molar-refractivity contribution in [2.45, 2.75) is 71.1 Å². The van der Waals surface area contributed by atoms with Crippen LogP contribution in [0.2, 0.25) is 0 Å². The summed E-state index contributed by atoms with van der Waals surface area (Å²) < 4.78 is 0. The van der Waals surface area contributed by atoms with Crippen molar-refractivity contribution in [1.82, 2.24) is 0 Å². The molecule has 0 aromatic heterocycles. The summed E-state index contributed by atoms with van der Waals surface area (Å²) in [5.41, 5.74) is 0. The van der Waals surface area contributed by atoms with E-state index in [0.29, 0.717) is 6.42 Å². The van der Waals surface area contributed by atoms with Crippen molar-refractivity contribution in [1.29, 1.82) is 0 Å². The van der Waals surface area contributed by atoms with Gasteiger partial charge in [0.1, 0.15) is 0 Å². The Morgan fingerprint density at radius 2 is 1.39 bits per heavy atom. The van der Waals surface area contributed by atoms with E-state index >= 15 is 0 Å². The van der Waals surface area contributed by atoms with Gasteiger partial charge in [0.2, 0.25) is 0 Å². The summed E-state index contributed by atoms with van der Waals surface area (Å²) in [6.07, 6.45) is 13.0. The molecule has 0 heterocycles. The largest absolute Gasteiger partial charge is 0.481 e. The minimum atomic E-state index is -0.659. The van der Waals surface area contributed by atoms with E-state index < -0.39 is 5.97 Å². The minimum absolute atomic E-state index is 0. The summed E-state index contributed by atoms with van der Waals surface area (Å²) in [4.78, 5) is 10.2. The van der Waals surface area contributed by atoms with Crippen molar-refractivity contribution in [3.05, 3.63) is 19.6 Å². The van der Waals surface area contributed by atoms with Crippen LogP contribution in [0.3, 0.4) is 0 Å². The number of rotatable bonds is 10. The van der Waals surface area contributed by atoms with Gasteiger partial charge >= 0.3 is 5.97 Å². The van der Waals surface area contributed by atoms with Crippen molar-refractivity contribution >= 4 is 5.97 Å².